The number of hydrogen-bond donors (Lipinski definition) is 0. The Hall–Kier alpha value is 0.270. The van der Waals surface area contributed by atoms with E-state index in [4.69, 9.17) is 8.92 Å². The van der Waals surface area contributed by atoms with Crippen molar-refractivity contribution in [2.45, 2.75) is 6.92 Å². The van der Waals surface area contributed by atoms with E-state index in [0.717, 1.165) is 6.61 Å². The van der Waals surface area contributed by atoms with Gasteiger partial charge in [-0.25, -0.2) is 0 Å². The van der Waals surface area contributed by atoms with Crippen LogP contribution in [0.25, 0.3) is 0 Å². The van der Waals surface area contributed by atoms with Gasteiger partial charge in [-0.05, 0) is 19.0 Å². The summed E-state index contributed by atoms with van der Waals surface area (Å²) in [6.07, 6.45) is 1.89. The van der Waals surface area contributed by atoms with Crippen LogP contribution in [0, 0.1) is 0 Å². The Labute approximate surface area is 54.8 Å². The maximum atomic E-state index is 5.00. The van der Waals surface area contributed by atoms with Crippen LogP contribution in [0.3, 0.4) is 0 Å². The Balaban J connectivity index is 2.53. The summed E-state index contributed by atoms with van der Waals surface area (Å²) >= 11 is 1.37. The van der Waals surface area contributed by atoms with Crippen LogP contribution in [0.15, 0.2) is 0 Å². The van der Waals surface area contributed by atoms with E-state index in [1.807, 2.05) is 13.2 Å². The Kier molecular flexibility index (Phi) is 7.52. The lowest BCUT2D eigenvalue weighted by molar-refractivity contribution is 0.118. The first-order chi connectivity index (χ1) is 3.91. The molecule has 0 bridgehead atoms. The molecular formula is C5H12O2S. The Morgan fingerprint density at radius 2 is 2.12 bits per heavy atom. The molecule has 2 nitrogen and oxygen atoms in total. The smallest absolute Gasteiger partial charge is 0.0847 e. The van der Waals surface area contributed by atoms with E-state index in [1.165, 1.54) is 12.0 Å². The van der Waals surface area contributed by atoms with Crippen LogP contribution in [0.4, 0.5) is 0 Å². The van der Waals surface area contributed by atoms with Gasteiger partial charge in [0.05, 0.1) is 13.2 Å². The fraction of sp³-hybridized carbons (Fsp3) is 1.00. The molecule has 0 atom stereocenters. The van der Waals surface area contributed by atoms with Crippen LogP contribution in [0.5, 0.6) is 0 Å². The quantitative estimate of drug-likeness (QED) is 0.419. The van der Waals surface area contributed by atoms with Crippen molar-refractivity contribution < 1.29 is 8.92 Å². The van der Waals surface area contributed by atoms with Gasteiger partial charge < -0.3 is 8.92 Å². The van der Waals surface area contributed by atoms with Gasteiger partial charge in [-0.1, -0.05) is 0 Å². The number of rotatable bonds is 5. The molecule has 0 saturated heterocycles. The zero-order valence-electron chi connectivity index (χ0n) is 5.35. The van der Waals surface area contributed by atoms with Crippen molar-refractivity contribution in [1.29, 1.82) is 0 Å². The van der Waals surface area contributed by atoms with Gasteiger partial charge in [-0.15, -0.1) is 0 Å². The van der Waals surface area contributed by atoms with Crippen molar-refractivity contribution in [3.8, 4) is 0 Å². The first kappa shape index (κ1) is 8.27. The van der Waals surface area contributed by atoms with E-state index < -0.39 is 0 Å². The molecule has 0 aromatic heterocycles. The highest BCUT2D eigenvalue weighted by Crippen LogP contribution is 1.92. The van der Waals surface area contributed by atoms with Crippen molar-refractivity contribution in [1.82, 2.24) is 0 Å². The molecule has 0 aliphatic carbocycles. The van der Waals surface area contributed by atoms with Crippen molar-refractivity contribution in [2.24, 2.45) is 0 Å². The van der Waals surface area contributed by atoms with Gasteiger partial charge in [-0.3, -0.25) is 0 Å². The van der Waals surface area contributed by atoms with Gasteiger partial charge in [0.25, 0.3) is 0 Å². The SMILES string of the molecule is CCOCCOSC. The van der Waals surface area contributed by atoms with E-state index in [1.54, 1.807) is 0 Å². The fourth-order valence-corrected chi connectivity index (χ4v) is 0.555. The molecule has 3 heteroatoms. The van der Waals surface area contributed by atoms with Crippen molar-refractivity contribution in [3.05, 3.63) is 0 Å². The van der Waals surface area contributed by atoms with E-state index in [9.17, 15) is 0 Å². The van der Waals surface area contributed by atoms with E-state index in [-0.39, 0.29) is 0 Å². The monoisotopic (exact) mass is 136 g/mol. The topological polar surface area (TPSA) is 18.5 Å². The third-order valence-electron chi connectivity index (χ3n) is 0.633. The molecule has 0 N–H and O–H groups in total. The van der Waals surface area contributed by atoms with Crippen LogP contribution < -0.4 is 0 Å². The van der Waals surface area contributed by atoms with Gasteiger partial charge in [0.2, 0.25) is 0 Å². The van der Waals surface area contributed by atoms with Crippen molar-refractivity contribution >= 4 is 12.0 Å². The normalized spacial score (nSPS) is 9.75. The summed E-state index contributed by atoms with van der Waals surface area (Å²) in [4.78, 5) is 0. The largest absolute Gasteiger partial charge is 0.379 e. The van der Waals surface area contributed by atoms with Crippen LogP contribution in [-0.2, 0) is 8.92 Å². The molecule has 0 unspecified atom stereocenters. The van der Waals surface area contributed by atoms with Crippen LogP contribution in [0.2, 0.25) is 0 Å². The predicted octanol–water partition coefficient (Wildman–Crippen LogP) is 1.32. The summed E-state index contributed by atoms with van der Waals surface area (Å²) in [5.74, 6) is 0. The third-order valence-corrected chi connectivity index (χ3v) is 1.04. The fourth-order valence-electron chi connectivity index (χ4n) is 0.321. The first-order valence-electron chi connectivity index (χ1n) is 2.65. The first-order valence-corrected chi connectivity index (χ1v) is 3.80. The maximum absolute atomic E-state index is 5.00. The second-order valence-corrected chi connectivity index (χ2v) is 1.75. The summed E-state index contributed by atoms with van der Waals surface area (Å²) in [5, 5.41) is 0. The highest BCUT2D eigenvalue weighted by Gasteiger charge is 1.82. The van der Waals surface area contributed by atoms with Gasteiger partial charge in [-0.2, -0.15) is 0 Å². The van der Waals surface area contributed by atoms with Crippen molar-refractivity contribution in [2.75, 3.05) is 26.1 Å². The summed E-state index contributed by atoms with van der Waals surface area (Å²) < 4.78 is 9.92. The summed E-state index contributed by atoms with van der Waals surface area (Å²) in [5.41, 5.74) is 0. The molecule has 0 aliphatic heterocycles. The number of ether oxygens (including phenoxy) is 1. The van der Waals surface area contributed by atoms with Crippen molar-refractivity contribution in [3.63, 3.8) is 0 Å². The van der Waals surface area contributed by atoms with E-state index in [0.29, 0.717) is 13.2 Å². The van der Waals surface area contributed by atoms with E-state index >= 15 is 0 Å². The molecule has 0 aromatic rings. The maximum Gasteiger partial charge on any atom is 0.0847 e. The minimum atomic E-state index is 0.689. The van der Waals surface area contributed by atoms with Gasteiger partial charge in [0, 0.05) is 12.9 Å². The van der Waals surface area contributed by atoms with Gasteiger partial charge >= 0.3 is 0 Å². The molecule has 0 amide bonds. The molecule has 0 aliphatic rings. The Bertz CT molecular complexity index is 35.4. The average molecular weight is 136 g/mol. The lowest BCUT2D eigenvalue weighted by Gasteiger charge is -1.97. The van der Waals surface area contributed by atoms with E-state index in [2.05, 4.69) is 0 Å². The molecule has 0 spiro atoms. The molecule has 50 valence electrons. The predicted molar refractivity (Wildman–Crippen MR) is 36.0 cm³/mol. The van der Waals surface area contributed by atoms with Crippen LogP contribution >= 0.6 is 12.0 Å². The molecule has 0 heterocycles. The molecule has 0 radical (unpaired) electrons. The highest BCUT2D eigenvalue weighted by atomic mass is 32.2. The van der Waals surface area contributed by atoms with Crippen LogP contribution in [-0.4, -0.2) is 26.1 Å². The Morgan fingerprint density at radius 1 is 1.38 bits per heavy atom. The zero-order valence-corrected chi connectivity index (χ0v) is 6.16. The minimum Gasteiger partial charge on any atom is -0.379 e. The van der Waals surface area contributed by atoms with Gasteiger partial charge in [0.1, 0.15) is 0 Å². The molecule has 8 heavy (non-hydrogen) atoms. The lowest BCUT2D eigenvalue weighted by atomic mass is 10.8. The second-order valence-electron chi connectivity index (χ2n) is 1.19. The molecule has 0 rings (SSSR count). The lowest BCUT2D eigenvalue weighted by Crippen LogP contribution is -1.99. The zero-order chi connectivity index (χ0) is 6.24. The Morgan fingerprint density at radius 3 is 2.62 bits per heavy atom. The number of hydrogen-bond acceptors (Lipinski definition) is 3. The summed E-state index contributed by atoms with van der Waals surface area (Å²) in [7, 11) is 0. The summed E-state index contributed by atoms with van der Waals surface area (Å²) in [6, 6.07) is 0. The molecule has 0 fully saturated rings. The highest BCUT2D eigenvalue weighted by molar-refractivity contribution is 7.93. The second kappa shape index (κ2) is 7.27. The standard InChI is InChI=1S/C5H12O2S/c1-3-6-4-5-7-8-2/h3-5H2,1-2H3. The third kappa shape index (κ3) is 6.27. The van der Waals surface area contributed by atoms with Crippen LogP contribution in [0.1, 0.15) is 6.92 Å². The molecule has 0 saturated carbocycles. The average Bonchev–Trinajstić information content (AvgIpc) is 1.81. The summed E-state index contributed by atoms with van der Waals surface area (Å²) in [6.45, 7) is 4.14. The van der Waals surface area contributed by atoms with Gasteiger partial charge in [0.15, 0.2) is 0 Å². The minimum absolute atomic E-state index is 0.689. The molecule has 0 aromatic carbocycles. The molecular weight excluding hydrogens is 124 g/mol.